The van der Waals surface area contributed by atoms with Gasteiger partial charge in [0.25, 0.3) is 0 Å². The Balaban J connectivity index is 2.13. The molecule has 1 unspecified atom stereocenters. The summed E-state index contributed by atoms with van der Waals surface area (Å²) >= 11 is 0. The van der Waals surface area contributed by atoms with Crippen molar-refractivity contribution in [2.75, 3.05) is 19.8 Å². The smallest absolute Gasteiger partial charge is 0.218 e. The molecule has 1 aliphatic rings. The van der Waals surface area contributed by atoms with Crippen molar-refractivity contribution >= 4 is 5.91 Å². The van der Waals surface area contributed by atoms with Crippen LogP contribution in [-0.2, 0) is 9.53 Å². The van der Waals surface area contributed by atoms with Crippen LogP contribution < -0.4 is 11.1 Å². The van der Waals surface area contributed by atoms with Gasteiger partial charge in [0, 0.05) is 32.2 Å². The number of hydrogen-bond donors (Lipinski definition) is 2. The predicted octanol–water partition coefficient (Wildman–Crippen LogP) is 1.05. The molecule has 0 aromatic rings. The second kappa shape index (κ2) is 6.21. The molecule has 4 heteroatoms. The number of primary amides is 1. The lowest BCUT2D eigenvalue weighted by Gasteiger charge is -2.19. The van der Waals surface area contributed by atoms with Gasteiger partial charge in [-0.3, -0.25) is 4.79 Å². The van der Waals surface area contributed by atoms with Gasteiger partial charge in [0.15, 0.2) is 0 Å². The zero-order valence-electron chi connectivity index (χ0n) is 10.4. The molecular weight excluding hydrogens is 204 g/mol. The van der Waals surface area contributed by atoms with Gasteiger partial charge < -0.3 is 15.8 Å². The molecule has 0 aromatic carbocycles. The minimum absolute atomic E-state index is 0.182. The van der Waals surface area contributed by atoms with Crippen LogP contribution in [0.1, 0.15) is 39.5 Å². The lowest BCUT2D eigenvalue weighted by Crippen LogP contribution is -2.35. The predicted molar refractivity (Wildman–Crippen MR) is 64.1 cm³/mol. The first-order chi connectivity index (χ1) is 7.58. The zero-order valence-corrected chi connectivity index (χ0v) is 10.4. The lowest BCUT2D eigenvalue weighted by molar-refractivity contribution is -0.118. The molecule has 1 amide bonds. The molecule has 0 radical (unpaired) electrons. The molecule has 1 saturated carbocycles. The molecule has 16 heavy (non-hydrogen) atoms. The number of ether oxygens (including phenoxy) is 1. The number of carbonyl (C=O) groups is 1. The summed E-state index contributed by atoms with van der Waals surface area (Å²) in [6.07, 6.45) is 4.09. The Bertz CT molecular complexity index is 227. The Morgan fingerprint density at radius 1 is 1.56 bits per heavy atom. The summed E-state index contributed by atoms with van der Waals surface area (Å²) in [5.74, 6) is -0.237. The summed E-state index contributed by atoms with van der Waals surface area (Å²) in [6, 6.07) is 0.182. The van der Waals surface area contributed by atoms with E-state index in [1.165, 1.54) is 12.8 Å². The Morgan fingerprint density at radius 2 is 2.25 bits per heavy atom. The fourth-order valence-electron chi connectivity index (χ4n) is 1.89. The molecule has 0 aromatic heterocycles. The topological polar surface area (TPSA) is 64.3 Å². The fourth-order valence-corrected chi connectivity index (χ4v) is 1.89. The Morgan fingerprint density at radius 3 is 2.75 bits per heavy atom. The van der Waals surface area contributed by atoms with Crippen LogP contribution in [0.2, 0.25) is 0 Å². The lowest BCUT2D eigenvalue weighted by atomic mass is 10.0. The third-order valence-electron chi connectivity index (χ3n) is 3.27. The molecule has 94 valence electrons. The fraction of sp³-hybridized carbons (Fsp3) is 0.917. The maximum absolute atomic E-state index is 10.7. The van der Waals surface area contributed by atoms with Crippen LogP contribution in [0, 0.1) is 5.41 Å². The molecule has 0 aliphatic heterocycles. The van der Waals surface area contributed by atoms with Crippen LogP contribution in [0.15, 0.2) is 0 Å². The molecule has 0 saturated heterocycles. The summed E-state index contributed by atoms with van der Waals surface area (Å²) < 4.78 is 5.38. The van der Waals surface area contributed by atoms with Crippen molar-refractivity contribution in [3.63, 3.8) is 0 Å². The summed E-state index contributed by atoms with van der Waals surface area (Å²) in [6.45, 7) is 6.65. The number of carbonyl (C=O) groups excluding carboxylic acids is 1. The van der Waals surface area contributed by atoms with Crippen molar-refractivity contribution in [2.24, 2.45) is 11.1 Å². The SMILES string of the molecule is CCOCCC1(CNC(C)CC(N)=O)CC1. The van der Waals surface area contributed by atoms with Crippen molar-refractivity contribution < 1.29 is 9.53 Å². The van der Waals surface area contributed by atoms with Gasteiger partial charge in [0.1, 0.15) is 0 Å². The van der Waals surface area contributed by atoms with Crippen molar-refractivity contribution in [1.29, 1.82) is 0 Å². The average molecular weight is 228 g/mol. The molecule has 0 heterocycles. The third-order valence-corrected chi connectivity index (χ3v) is 3.27. The Labute approximate surface area is 97.9 Å². The van der Waals surface area contributed by atoms with Gasteiger partial charge in [0.05, 0.1) is 0 Å². The number of rotatable bonds is 9. The Hall–Kier alpha value is -0.610. The van der Waals surface area contributed by atoms with Crippen molar-refractivity contribution in [2.45, 2.75) is 45.6 Å². The summed E-state index contributed by atoms with van der Waals surface area (Å²) in [5, 5.41) is 3.39. The largest absolute Gasteiger partial charge is 0.382 e. The van der Waals surface area contributed by atoms with Gasteiger partial charge in [-0.1, -0.05) is 0 Å². The number of hydrogen-bond acceptors (Lipinski definition) is 3. The van der Waals surface area contributed by atoms with E-state index in [0.29, 0.717) is 11.8 Å². The molecule has 0 spiro atoms. The highest BCUT2D eigenvalue weighted by Crippen LogP contribution is 2.48. The summed E-state index contributed by atoms with van der Waals surface area (Å²) in [4.78, 5) is 10.7. The summed E-state index contributed by atoms with van der Waals surface area (Å²) in [7, 11) is 0. The van der Waals surface area contributed by atoms with Crippen LogP contribution in [0.3, 0.4) is 0 Å². The average Bonchev–Trinajstić information content (AvgIpc) is 2.95. The van der Waals surface area contributed by atoms with E-state index in [4.69, 9.17) is 10.5 Å². The molecule has 3 N–H and O–H groups in total. The van der Waals surface area contributed by atoms with E-state index in [9.17, 15) is 4.79 Å². The van der Waals surface area contributed by atoms with E-state index < -0.39 is 0 Å². The maximum atomic E-state index is 10.7. The number of nitrogens with one attached hydrogen (secondary N) is 1. The Kier molecular flexibility index (Phi) is 5.22. The number of nitrogens with two attached hydrogens (primary N) is 1. The van der Waals surface area contributed by atoms with Crippen LogP contribution in [0.5, 0.6) is 0 Å². The quantitative estimate of drug-likeness (QED) is 0.580. The minimum Gasteiger partial charge on any atom is -0.382 e. The van der Waals surface area contributed by atoms with Gasteiger partial charge >= 0.3 is 0 Å². The first kappa shape index (κ1) is 13.5. The highest BCUT2D eigenvalue weighted by molar-refractivity contribution is 5.74. The van der Waals surface area contributed by atoms with Gasteiger partial charge in [0.2, 0.25) is 5.91 Å². The first-order valence-corrected chi connectivity index (χ1v) is 6.17. The maximum Gasteiger partial charge on any atom is 0.218 e. The first-order valence-electron chi connectivity index (χ1n) is 6.17. The van der Waals surface area contributed by atoms with E-state index in [-0.39, 0.29) is 11.9 Å². The van der Waals surface area contributed by atoms with E-state index in [2.05, 4.69) is 5.32 Å². The third kappa shape index (κ3) is 4.94. The van der Waals surface area contributed by atoms with Crippen LogP contribution >= 0.6 is 0 Å². The molecular formula is C12H24N2O2. The number of amides is 1. The minimum atomic E-state index is -0.237. The van der Waals surface area contributed by atoms with Gasteiger partial charge in [-0.2, -0.15) is 0 Å². The zero-order chi connectivity index (χ0) is 12.0. The molecule has 1 rings (SSSR count). The van der Waals surface area contributed by atoms with Crippen molar-refractivity contribution in [1.82, 2.24) is 5.32 Å². The van der Waals surface area contributed by atoms with Crippen LogP contribution in [-0.4, -0.2) is 31.7 Å². The second-order valence-electron chi connectivity index (χ2n) is 4.90. The molecule has 0 bridgehead atoms. The van der Waals surface area contributed by atoms with E-state index in [1.54, 1.807) is 0 Å². The van der Waals surface area contributed by atoms with Gasteiger partial charge in [-0.05, 0) is 38.5 Å². The van der Waals surface area contributed by atoms with E-state index >= 15 is 0 Å². The van der Waals surface area contributed by atoms with Gasteiger partial charge in [-0.25, -0.2) is 0 Å². The van der Waals surface area contributed by atoms with E-state index in [1.807, 2.05) is 13.8 Å². The van der Waals surface area contributed by atoms with Crippen molar-refractivity contribution in [3.05, 3.63) is 0 Å². The van der Waals surface area contributed by atoms with Crippen molar-refractivity contribution in [3.8, 4) is 0 Å². The molecule has 1 fully saturated rings. The second-order valence-corrected chi connectivity index (χ2v) is 4.90. The molecule has 1 atom stereocenters. The van der Waals surface area contributed by atoms with E-state index in [0.717, 1.165) is 26.2 Å². The highest BCUT2D eigenvalue weighted by atomic mass is 16.5. The van der Waals surface area contributed by atoms with Crippen LogP contribution in [0.25, 0.3) is 0 Å². The normalized spacial score (nSPS) is 19.4. The molecule has 1 aliphatic carbocycles. The molecule has 4 nitrogen and oxygen atoms in total. The standard InChI is InChI=1S/C12H24N2O2/c1-3-16-7-6-12(4-5-12)9-14-10(2)8-11(13)15/h10,14H,3-9H2,1-2H3,(H2,13,15). The highest BCUT2D eigenvalue weighted by Gasteiger charge is 2.41. The summed E-state index contributed by atoms with van der Waals surface area (Å²) in [5.41, 5.74) is 5.58. The monoisotopic (exact) mass is 228 g/mol. The van der Waals surface area contributed by atoms with Gasteiger partial charge in [-0.15, -0.1) is 0 Å². The van der Waals surface area contributed by atoms with Crippen LogP contribution in [0.4, 0.5) is 0 Å².